The molecule has 0 fully saturated rings. The lowest BCUT2D eigenvalue weighted by Gasteiger charge is -2.20. The van der Waals surface area contributed by atoms with Gasteiger partial charge in [-0.1, -0.05) is 13.8 Å². The van der Waals surface area contributed by atoms with Gasteiger partial charge in [0.15, 0.2) is 0 Å². The van der Waals surface area contributed by atoms with Crippen molar-refractivity contribution < 1.29 is 23.4 Å². The molecule has 0 saturated carbocycles. The van der Waals surface area contributed by atoms with Crippen molar-refractivity contribution in [2.24, 2.45) is 0 Å². The third-order valence-electron chi connectivity index (χ3n) is 2.26. The highest BCUT2D eigenvalue weighted by atomic mass is 31.2. The van der Waals surface area contributed by atoms with E-state index in [1.54, 1.807) is 20.8 Å². The van der Waals surface area contributed by atoms with Crippen molar-refractivity contribution in [3.05, 3.63) is 0 Å². The molecule has 0 aliphatic heterocycles. The van der Waals surface area contributed by atoms with Crippen LogP contribution in [0.25, 0.3) is 0 Å². The van der Waals surface area contributed by atoms with Gasteiger partial charge < -0.3 is 9.79 Å². The Morgan fingerprint density at radius 2 is 1.71 bits per heavy atom. The molecule has 0 aromatic carbocycles. The number of hydrogen-bond acceptors (Lipinski definition) is 3. The van der Waals surface area contributed by atoms with Crippen LogP contribution < -0.4 is 0 Å². The fraction of sp³-hybridized carbons (Fsp3) is 1.00. The van der Waals surface area contributed by atoms with Crippen LogP contribution in [-0.4, -0.2) is 21.3 Å². The Labute approximate surface area is 84.9 Å². The van der Waals surface area contributed by atoms with Gasteiger partial charge in [-0.15, -0.1) is 4.52 Å². The molecule has 84 valence electrons. The first-order valence-corrected chi connectivity index (χ1v) is 7.30. The zero-order chi connectivity index (χ0) is 11.4. The monoisotopic (exact) mass is 243 g/mol. The van der Waals surface area contributed by atoms with Gasteiger partial charge in [-0.3, -0.25) is 4.57 Å². The van der Waals surface area contributed by atoms with Crippen LogP contribution in [0.15, 0.2) is 0 Å². The highest BCUT2D eigenvalue weighted by Crippen LogP contribution is 2.66. The molecular weight excluding hydrogens is 226 g/mol. The first kappa shape index (κ1) is 14.2. The highest BCUT2D eigenvalue weighted by molar-refractivity contribution is 7.67. The molecular formula is C7H17O5P2+. The smallest absolute Gasteiger partial charge is 0.321 e. The average Bonchev–Trinajstić information content (AvgIpc) is 2.05. The van der Waals surface area contributed by atoms with Crippen LogP contribution in [0.1, 0.15) is 33.6 Å². The van der Waals surface area contributed by atoms with E-state index in [1.165, 1.54) is 0 Å². The summed E-state index contributed by atoms with van der Waals surface area (Å²) >= 11 is 0. The molecule has 0 rings (SSSR count). The van der Waals surface area contributed by atoms with Crippen LogP contribution in [0, 0.1) is 0 Å². The topological polar surface area (TPSA) is 83.8 Å². The highest BCUT2D eigenvalue weighted by Gasteiger charge is 2.62. The molecule has 0 aromatic heterocycles. The molecule has 0 aliphatic carbocycles. The van der Waals surface area contributed by atoms with Crippen molar-refractivity contribution in [1.82, 2.24) is 0 Å². The minimum atomic E-state index is -4.40. The Bertz CT molecular complexity index is 242. The summed E-state index contributed by atoms with van der Waals surface area (Å²) in [5, 5.41) is 0. The molecule has 0 amide bonds. The van der Waals surface area contributed by atoms with Crippen LogP contribution >= 0.6 is 15.6 Å². The zero-order valence-electron chi connectivity index (χ0n) is 8.63. The second kappa shape index (κ2) is 5.34. The van der Waals surface area contributed by atoms with Crippen molar-refractivity contribution in [1.29, 1.82) is 0 Å². The van der Waals surface area contributed by atoms with E-state index in [1.807, 2.05) is 0 Å². The lowest BCUT2D eigenvalue weighted by molar-refractivity contribution is 0.308. The fourth-order valence-corrected chi connectivity index (χ4v) is 4.10. The van der Waals surface area contributed by atoms with Gasteiger partial charge in [0.2, 0.25) is 0 Å². The largest absolute Gasteiger partial charge is 0.527 e. The summed E-state index contributed by atoms with van der Waals surface area (Å²) in [6.45, 7) is 5.05. The van der Waals surface area contributed by atoms with Gasteiger partial charge in [-0.2, -0.15) is 0 Å². The van der Waals surface area contributed by atoms with E-state index in [9.17, 15) is 18.9 Å². The summed E-state index contributed by atoms with van der Waals surface area (Å²) in [4.78, 5) is 16.8. The predicted molar refractivity (Wildman–Crippen MR) is 54.6 cm³/mol. The van der Waals surface area contributed by atoms with Gasteiger partial charge in [0.1, 0.15) is 0 Å². The van der Waals surface area contributed by atoms with Crippen molar-refractivity contribution in [3.63, 3.8) is 0 Å². The molecule has 7 heteroatoms. The summed E-state index contributed by atoms with van der Waals surface area (Å²) in [7, 11) is -6.73. The standard InChI is InChI=1S/C7H16O5P2/c1-4-7(5-2,14(9,10)11)13(8)12-6-3/h4-6H2,1-3H3,(H-,9,10,11)/p+1. The Balaban J connectivity index is 5.08. The van der Waals surface area contributed by atoms with Gasteiger partial charge in [-0.05, 0) is 11.5 Å². The Kier molecular flexibility index (Phi) is 5.42. The quantitative estimate of drug-likeness (QED) is 0.700. The molecule has 0 heterocycles. The van der Waals surface area contributed by atoms with Gasteiger partial charge >= 0.3 is 15.6 Å². The summed E-state index contributed by atoms with van der Waals surface area (Å²) in [6.07, 6.45) is 0.284. The number of rotatable bonds is 6. The van der Waals surface area contributed by atoms with E-state index in [0.29, 0.717) is 0 Å². The fourth-order valence-electron chi connectivity index (χ4n) is 1.26. The van der Waals surface area contributed by atoms with E-state index >= 15 is 0 Å². The third-order valence-corrected chi connectivity index (χ3v) is 7.05. The summed E-state index contributed by atoms with van der Waals surface area (Å²) in [6, 6.07) is 0. The average molecular weight is 243 g/mol. The minimum Gasteiger partial charge on any atom is -0.321 e. The van der Waals surface area contributed by atoms with Crippen molar-refractivity contribution in [3.8, 4) is 0 Å². The molecule has 2 N–H and O–H groups in total. The molecule has 0 radical (unpaired) electrons. The van der Waals surface area contributed by atoms with Gasteiger partial charge in [0, 0.05) is 12.8 Å². The molecule has 1 atom stereocenters. The molecule has 1 unspecified atom stereocenters. The molecule has 0 aromatic rings. The van der Waals surface area contributed by atoms with Crippen LogP contribution in [0.4, 0.5) is 0 Å². The van der Waals surface area contributed by atoms with E-state index in [4.69, 9.17) is 4.52 Å². The van der Waals surface area contributed by atoms with E-state index in [2.05, 4.69) is 0 Å². The maximum Gasteiger partial charge on any atom is 0.527 e. The zero-order valence-corrected chi connectivity index (χ0v) is 10.4. The van der Waals surface area contributed by atoms with Crippen LogP contribution in [-0.2, 0) is 13.7 Å². The number of hydrogen-bond donors (Lipinski definition) is 2. The Morgan fingerprint density at radius 3 is 1.93 bits per heavy atom. The van der Waals surface area contributed by atoms with Gasteiger partial charge in [0.05, 0.1) is 6.61 Å². The molecule has 14 heavy (non-hydrogen) atoms. The molecule has 0 spiro atoms. The second-order valence-electron chi connectivity index (χ2n) is 2.91. The van der Waals surface area contributed by atoms with Gasteiger partial charge in [-0.25, -0.2) is 0 Å². The summed E-state index contributed by atoms with van der Waals surface area (Å²) in [5.41, 5.74) is 0. The second-order valence-corrected chi connectivity index (χ2v) is 6.83. The van der Waals surface area contributed by atoms with E-state index in [0.717, 1.165) is 0 Å². The third kappa shape index (κ3) is 2.62. The maximum atomic E-state index is 11.6. The van der Waals surface area contributed by atoms with E-state index in [-0.39, 0.29) is 19.4 Å². The van der Waals surface area contributed by atoms with Crippen LogP contribution in [0.3, 0.4) is 0 Å². The van der Waals surface area contributed by atoms with Crippen LogP contribution in [0.5, 0.6) is 0 Å². The van der Waals surface area contributed by atoms with Crippen molar-refractivity contribution in [2.45, 2.75) is 38.5 Å². The first-order valence-electron chi connectivity index (χ1n) is 4.51. The molecule has 0 aliphatic rings. The van der Waals surface area contributed by atoms with E-state index < -0.39 is 20.5 Å². The first-order chi connectivity index (χ1) is 6.35. The predicted octanol–water partition coefficient (Wildman–Crippen LogP) is 2.46. The van der Waals surface area contributed by atoms with Crippen molar-refractivity contribution >= 4 is 15.6 Å². The normalized spacial score (nSPS) is 14.2. The molecule has 0 bridgehead atoms. The van der Waals surface area contributed by atoms with Crippen molar-refractivity contribution in [2.75, 3.05) is 6.61 Å². The minimum absolute atomic E-state index is 0.142. The summed E-state index contributed by atoms with van der Waals surface area (Å²) < 4.78 is 27.7. The molecule has 5 nitrogen and oxygen atoms in total. The lowest BCUT2D eigenvalue weighted by atomic mass is 10.2. The van der Waals surface area contributed by atoms with Crippen LogP contribution in [0.2, 0.25) is 0 Å². The summed E-state index contributed by atoms with van der Waals surface area (Å²) in [5.74, 6) is 0. The Hall–Kier alpha value is 0.210. The lowest BCUT2D eigenvalue weighted by Crippen LogP contribution is -2.23. The maximum absolute atomic E-state index is 11.6. The Morgan fingerprint density at radius 1 is 1.29 bits per heavy atom. The SMILES string of the molecule is CCO[P+](=O)C(CC)(CC)P(=O)(O)O. The van der Waals surface area contributed by atoms with Gasteiger partial charge in [0.25, 0.3) is 4.90 Å². The molecule has 0 saturated heterocycles.